The molecule has 0 radical (unpaired) electrons. The molecule has 0 saturated carbocycles. The normalized spacial score (nSPS) is 14.7. The van der Waals surface area contributed by atoms with E-state index in [0.29, 0.717) is 30.1 Å². The van der Waals surface area contributed by atoms with Crippen molar-refractivity contribution < 1.29 is 9.18 Å². The topological polar surface area (TPSA) is 87.1 Å². The molecule has 1 saturated heterocycles. The summed E-state index contributed by atoms with van der Waals surface area (Å²) in [5.41, 5.74) is 2.23. The molecule has 0 bridgehead atoms. The second kappa shape index (κ2) is 8.17. The van der Waals surface area contributed by atoms with Crippen LogP contribution in [-0.4, -0.2) is 64.0 Å². The number of benzene rings is 1. The fraction of sp³-hybridized carbons (Fsp3) is 0.381. The largest absolute Gasteiger partial charge is 0.361 e. The van der Waals surface area contributed by atoms with Gasteiger partial charge in [-0.15, -0.1) is 0 Å². The highest BCUT2D eigenvalue weighted by molar-refractivity contribution is 5.81. The van der Waals surface area contributed by atoms with Gasteiger partial charge in [-0.25, -0.2) is 19.3 Å². The lowest BCUT2D eigenvalue weighted by Gasteiger charge is -2.31. The molecule has 1 aliphatic rings. The molecule has 156 valence electrons. The Morgan fingerprint density at radius 3 is 2.60 bits per heavy atom. The summed E-state index contributed by atoms with van der Waals surface area (Å²) in [7, 11) is 3.78. The summed E-state index contributed by atoms with van der Waals surface area (Å²) < 4.78 is 14.5. The predicted octanol–water partition coefficient (Wildman–Crippen LogP) is 2.71. The van der Waals surface area contributed by atoms with Gasteiger partial charge in [-0.2, -0.15) is 0 Å². The molecule has 3 aromatic rings. The van der Waals surface area contributed by atoms with E-state index in [1.54, 1.807) is 25.3 Å². The van der Waals surface area contributed by atoms with Gasteiger partial charge in [0, 0.05) is 45.7 Å². The average molecular weight is 409 g/mol. The molecule has 1 aromatic carbocycles. The lowest BCUT2D eigenvalue weighted by atomic mass is 10.1. The minimum absolute atomic E-state index is 0.0885. The monoisotopic (exact) mass is 409 g/mol. The Bertz CT molecular complexity index is 1080. The first-order chi connectivity index (χ1) is 14.4. The van der Waals surface area contributed by atoms with Crippen molar-refractivity contribution in [2.45, 2.75) is 25.8 Å². The van der Waals surface area contributed by atoms with E-state index in [1.165, 1.54) is 6.20 Å². The quantitative estimate of drug-likeness (QED) is 0.709. The molecule has 9 heteroatoms. The minimum Gasteiger partial charge on any atom is -0.361 e. The Kier molecular flexibility index (Phi) is 5.43. The highest BCUT2D eigenvalue weighted by Gasteiger charge is 2.21. The van der Waals surface area contributed by atoms with Gasteiger partial charge in [-0.1, -0.05) is 6.07 Å². The van der Waals surface area contributed by atoms with Crippen LogP contribution in [0.3, 0.4) is 0 Å². The number of piperidine rings is 1. The molecule has 4 rings (SSSR count). The smallest absolute Gasteiger partial charge is 0.223 e. The van der Waals surface area contributed by atoms with Crippen LogP contribution in [-0.2, 0) is 4.79 Å². The molecular weight excluding hydrogens is 385 g/mol. The van der Waals surface area contributed by atoms with Gasteiger partial charge < -0.3 is 15.1 Å². The van der Waals surface area contributed by atoms with Crippen LogP contribution in [0.15, 0.2) is 30.6 Å². The maximum atomic E-state index is 14.5. The molecule has 1 amide bonds. The van der Waals surface area contributed by atoms with Crippen LogP contribution in [0, 0.1) is 5.82 Å². The number of hydrogen-bond donors (Lipinski definition) is 1. The van der Waals surface area contributed by atoms with Crippen molar-refractivity contribution in [2.75, 3.05) is 37.4 Å². The van der Waals surface area contributed by atoms with Gasteiger partial charge >= 0.3 is 0 Å². The molecule has 0 atom stereocenters. The number of carbonyl (C=O) groups is 1. The third-order valence-corrected chi connectivity index (χ3v) is 5.28. The van der Waals surface area contributed by atoms with E-state index in [-0.39, 0.29) is 17.6 Å². The van der Waals surface area contributed by atoms with E-state index in [1.807, 2.05) is 30.0 Å². The van der Waals surface area contributed by atoms with Crippen LogP contribution >= 0.6 is 0 Å². The number of halogens is 1. The Morgan fingerprint density at radius 2 is 1.90 bits per heavy atom. The van der Waals surface area contributed by atoms with Gasteiger partial charge in [0.1, 0.15) is 11.5 Å². The summed E-state index contributed by atoms with van der Waals surface area (Å²) in [5.74, 6) is 0.691. The maximum Gasteiger partial charge on any atom is 0.223 e. The van der Waals surface area contributed by atoms with Crippen molar-refractivity contribution in [3.05, 3.63) is 36.4 Å². The SMILES string of the molecule is CC(=O)N1CCC(Nc2ncc(F)c(-c3ccc4ncc(N(C)C)nc4c3)n2)CC1. The number of fused-ring (bicyclic) bond motifs is 1. The first-order valence-electron chi connectivity index (χ1n) is 9.90. The van der Waals surface area contributed by atoms with E-state index in [9.17, 15) is 9.18 Å². The number of anilines is 2. The van der Waals surface area contributed by atoms with Gasteiger partial charge in [0.25, 0.3) is 0 Å². The number of amides is 1. The van der Waals surface area contributed by atoms with Crippen LogP contribution in [0.25, 0.3) is 22.3 Å². The fourth-order valence-corrected chi connectivity index (χ4v) is 3.52. The lowest BCUT2D eigenvalue weighted by Crippen LogP contribution is -2.41. The van der Waals surface area contributed by atoms with E-state index < -0.39 is 5.82 Å². The molecule has 1 aliphatic heterocycles. The summed E-state index contributed by atoms with van der Waals surface area (Å²) in [6.07, 6.45) is 4.48. The van der Waals surface area contributed by atoms with Crippen LogP contribution in [0.2, 0.25) is 0 Å². The van der Waals surface area contributed by atoms with Gasteiger partial charge in [0.15, 0.2) is 5.82 Å². The molecule has 0 unspecified atom stereocenters. The van der Waals surface area contributed by atoms with Gasteiger partial charge in [0.2, 0.25) is 11.9 Å². The molecule has 1 fully saturated rings. The van der Waals surface area contributed by atoms with Gasteiger partial charge in [0.05, 0.1) is 23.4 Å². The third-order valence-electron chi connectivity index (χ3n) is 5.28. The maximum absolute atomic E-state index is 14.5. The zero-order valence-corrected chi connectivity index (χ0v) is 17.3. The molecule has 3 heterocycles. The molecule has 0 aliphatic carbocycles. The highest BCUT2D eigenvalue weighted by atomic mass is 19.1. The molecule has 30 heavy (non-hydrogen) atoms. The first-order valence-corrected chi connectivity index (χ1v) is 9.90. The number of nitrogens with one attached hydrogen (secondary N) is 1. The molecular formula is C21H24FN7O. The van der Waals surface area contributed by atoms with E-state index >= 15 is 0 Å². The molecule has 1 N–H and O–H groups in total. The van der Waals surface area contributed by atoms with Crippen molar-refractivity contribution in [3.8, 4) is 11.3 Å². The predicted molar refractivity (Wildman–Crippen MR) is 114 cm³/mol. The summed E-state index contributed by atoms with van der Waals surface area (Å²) in [5, 5.41) is 3.28. The van der Waals surface area contributed by atoms with Crippen molar-refractivity contribution >= 4 is 28.7 Å². The number of likely N-dealkylation sites (tertiary alicyclic amines) is 1. The number of nitrogens with zero attached hydrogens (tertiary/aromatic N) is 6. The lowest BCUT2D eigenvalue weighted by molar-refractivity contribution is -0.129. The Labute approximate surface area is 174 Å². The van der Waals surface area contributed by atoms with Crippen LogP contribution < -0.4 is 10.2 Å². The van der Waals surface area contributed by atoms with Crippen LogP contribution in [0.5, 0.6) is 0 Å². The highest BCUT2D eigenvalue weighted by Crippen LogP contribution is 2.25. The Hall–Kier alpha value is -3.36. The van der Waals surface area contributed by atoms with Crippen LogP contribution in [0.1, 0.15) is 19.8 Å². The van der Waals surface area contributed by atoms with Crippen molar-refractivity contribution in [2.24, 2.45) is 0 Å². The fourth-order valence-electron chi connectivity index (χ4n) is 3.52. The summed E-state index contributed by atoms with van der Waals surface area (Å²) in [4.78, 5) is 32.7. The minimum atomic E-state index is -0.497. The summed E-state index contributed by atoms with van der Waals surface area (Å²) in [6, 6.07) is 5.52. The zero-order valence-electron chi connectivity index (χ0n) is 17.3. The summed E-state index contributed by atoms with van der Waals surface area (Å²) in [6.45, 7) is 2.97. The van der Waals surface area contributed by atoms with Crippen LogP contribution in [0.4, 0.5) is 16.2 Å². The van der Waals surface area contributed by atoms with Gasteiger partial charge in [-0.3, -0.25) is 9.78 Å². The average Bonchev–Trinajstić information content (AvgIpc) is 2.74. The first kappa shape index (κ1) is 19.9. The van der Waals surface area contributed by atoms with Crippen molar-refractivity contribution in [1.82, 2.24) is 24.8 Å². The Balaban J connectivity index is 1.58. The molecule has 2 aromatic heterocycles. The molecule has 8 nitrogen and oxygen atoms in total. The van der Waals surface area contributed by atoms with Gasteiger partial charge in [-0.05, 0) is 25.0 Å². The zero-order chi connectivity index (χ0) is 21.3. The third kappa shape index (κ3) is 4.14. The van der Waals surface area contributed by atoms with E-state index in [0.717, 1.165) is 24.2 Å². The van der Waals surface area contributed by atoms with Crippen molar-refractivity contribution in [3.63, 3.8) is 0 Å². The number of aromatic nitrogens is 4. The van der Waals surface area contributed by atoms with E-state index in [2.05, 4.69) is 25.3 Å². The second-order valence-electron chi connectivity index (χ2n) is 7.64. The second-order valence-corrected chi connectivity index (χ2v) is 7.64. The number of rotatable bonds is 4. The number of hydrogen-bond acceptors (Lipinski definition) is 7. The number of carbonyl (C=O) groups excluding carboxylic acids is 1. The summed E-state index contributed by atoms with van der Waals surface area (Å²) >= 11 is 0. The molecule has 0 spiro atoms. The standard InChI is InChI=1S/C21H24FN7O/c1-13(30)29-8-6-15(7-9-29)25-21-24-11-16(22)20(27-21)14-4-5-17-18(10-14)26-19(12-23-17)28(2)3/h4-5,10-12,15H,6-9H2,1-3H3,(H,24,25,27). The Morgan fingerprint density at radius 1 is 1.13 bits per heavy atom. The van der Waals surface area contributed by atoms with Crippen molar-refractivity contribution in [1.29, 1.82) is 0 Å². The van der Waals surface area contributed by atoms with E-state index in [4.69, 9.17) is 0 Å².